The van der Waals surface area contributed by atoms with Crippen LogP contribution in [-0.2, 0) is 6.54 Å². The zero-order chi connectivity index (χ0) is 13.5. The smallest absolute Gasteiger partial charge is 0.130 e. The average molecular weight is 263 g/mol. The summed E-state index contributed by atoms with van der Waals surface area (Å²) >= 11 is 0. The number of likely N-dealkylation sites (tertiary alicyclic amines) is 1. The quantitative estimate of drug-likeness (QED) is 0.825. The van der Waals surface area contributed by atoms with E-state index < -0.39 is 0 Å². The summed E-state index contributed by atoms with van der Waals surface area (Å²) in [7, 11) is 0. The van der Waals surface area contributed by atoms with Gasteiger partial charge >= 0.3 is 0 Å². The summed E-state index contributed by atoms with van der Waals surface area (Å²) in [6.07, 6.45) is 5.28. The number of piperidine rings is 1. The number of rotatable bonds is 6. The van der Waals surface area contributed by atoms with E-state index in [1.54, 1.807) is 0 Å². The Morgan fingerprint density at radius 3 is 3.21 bits per heavy atom. The second-order valence-corrected chi connectivity index (χ2v) is 5.36. The van der Waals surface area contributed by atoms with Crippen LogP contribution in [0, 0.1) is 5.92 Å². The minimum atomic E-state index is 0.310. The van der Waals surface area contributed by atoms with Crippen LogP contribution in [0.2, 0.25) is 0 Å². The Hall–Kier alpha value is -1.13. The first-order chi connectivity index (χ1) is 9.33. The molecule has 1 fully saturated rings. The van der Waals surface area contributed by atoms with Crippen LogP contribution in [0.5, 0.6) is 0 Å². The molecule has 19 heavy (non-hydrogen) atoms. The molecule has 1 unspecified atom stereocenters. The van der Waals surface area contributed by atoms with Gasteiger partial charge in [-0.25, -0.2) is 4.98 Å². The predicted octanol–water partition coefficient (Wildman–Crippen LogP) is 2.11. The molecule has 1 aromatic rings. The topological polar surface area (TPSA) is 48.4 Å². The van der Waals surface area contributed by atoms with Crippen molar-refractivity contribution in [3.05, 3.63) is 23.9 Å². The molecule has 2 rings (SSSR count). The lowest BCUT2D eigenvalue weighted by molar-refractivity contribution is 0.116. The number of aliphatic hydroxyl groups is 1. The standard InChI is InChI=1S/C15H25N3O/c1-2-7-16-15-14(6-3-8-17-15)11-18-9-4-5-13(10-18)12-19/h3,6,8,13,19H,2,4-5,7,9-12H2,1H3,(H,16,17). The highest BCUT2D eigenvalue weighted by atomic mass is 16.3. The van der Waals surface area contributed by atoms with Crippen LogP contribution in [0.3, 0.4) is 0 Å². The van der Waals surface area contributed by atoms with E-state index in [2.05, 4.69) is 28.2 Å². The monoisotopic (exact) mass is 263 g/mol. The Labute approximate surface area is 115 Å². The van der Waals surface area contributed by atoms with Crippen molar-refractivity contribution in [2.24, 2.45) is 5.92 Å². The summed E-state index contributed by atoms with van der Waals surface area (Å²) in [6, 6.07) is 4.15. The first-order valence-electron chi connectivity index (χ1n) is 7.34. The molecule has 0 radical (unpaired) electrons. The van der Waals surface area contributed by atoms with Gasteiger partial charge < -0.3 is 10.4 Å². The molecular formula is C15H25N3O. The summed E-state index contributed by atoms with van der Waals surface area (Å²) in [4.78, 5) is 6.86. The molecule has 0 amide bonds. The Morgan fingerprint density at radius 1 is 1.53 bits per heavy atom. The maximum absolute atomic E-state index is 9.29. The number of aliphatic hydroxyl groups excluding tert-OH is 1. The summed E-state index contributed by atoms with van der Waals surface area (Å²) in [6.45, 7) is 6.48. The van der Waals surface area contributed by atoms with Gasteiger partial charge in [-0.1, -0.05) is 13.0 Å². The molecule has 0 aromatic carbocycles. The van der Waals surface area contributed by atoms with Gasteiger partial charge in [0.1, 0.15) is 5.82 Å². The molecule has 4 nitrogen and oxygen atoms in total. The lowest BCUT2D eigenvalue weighted by Crippen LogP contribution is -2.36. The molecule has 2 N–H and O–H groups in total. The molecule has 0 saturated carbocycles. The fraction of sp³-hybridized carbons (Fsp3) is 0.667. The van der Waals surface area contributed by atoms with Crippen molar-refractivity contribution in [2.45, 2.75) is 32.7 Å². The second kappa shape index (κ2) is 7.46. The van der Waals surface area contributed by atoms with Crippen molar-refractivity contribution in [2.75, 3.05) is 31.6 Å². The molecule has 1 aliphatic heterocycles. The van der Waals surface area contributed by atoms with Crippen LogP contribution >= 0.6 is 0 Å². The minimum Gasteiger partial charge on any atom is -0.396 e. The van der Waals surface area contributed by atoms with Gasteiger partial charge in [0, 0.05) is 38.0 Å². The van der Waals surface area contributed by atoms with Gasteiger partial charge in [-0.15, -0.1) is 0 Å². The van der Waals surface area contributed by atoms with Crippen molar-refractivity contribution in [3.63, 3.8) is 0 Å². The fourth-order valence-corrected chi connectivity index (χ4v) is 2.65. The van der Waals surface area contributed by atoms with Crippen molar-refractivity contribution < 1.29 is 5.11 Å². The summed E-state index contributed by atoms with van der Waals surface area (Å²) < 4.78 is 0. The van der Waals surface area contributed by atoms with Crippen molar-refractivity contribution in [1.82, 2.24) is 9.88 Å². The van der Waals surface area contributed by atoms with Gasteiger partial charge in [0.15, 0.2) is 0 Å². The normalized spacial score (nSPS) is 20.4. The van der Waals surface area contributed by atoms with Crippen molar-refractivity contribution in [3.8, 4) is 0 Å². The van der Waals surface area contributed by atoms with E-state index in [0.717, 1.165) is 44.8 Å². The lowest BCUT2D eigenvalue weighted by Gasteiger charge is -2.32. The number of anilines is 1. The molecule has 1 aromatic heterocycles. The summed E-state index contributed by atoms with van der Waals surface area (Å²) in [5, 5.41) is 12.7. The van der Waals surface area contributed by atoms with E-state index >= 15 is 0 Å². The maximum atomic E-state index is 9.29. The largest absolute Gasteiger partial charge is 0.396 e. The Morgan fingerprint density at radius 2 is 2.42 bits per heavy atom. The van der Waals surface area contributed by atoms with Crippen LogP contribution in [0.4, 0.5) is 5.82 Å². The van der Waals surface area contributed by atoms with Crippen LogP contribution < -0.4 is 5.32 Å². The average Bonchev–Trinajstić information content (AvgIpc) is 2.46. The maximum Gasteiger partial charge on any atom is 0.130 e. The van der Waals surface area contributed by atoms with Gasteiger partial charge in [0.25, 0.3) is 0 Å². The number of aromatic nitrogens is 1. The zero-order valence-electron chi connectivity index (χ0n) is 11.8. The second-order valence-electron chi connectivity index (χ2n) is 5.36. The molecular weight excluding hydrogens is 238 g/mol. The molecule has 0 aliphatic carbocycles. The van der Waals surface area contributed by atoms with Crippen LogP contribution in [0.15, 0.2) is 18.3 Å². The van der Waals surface area contributed by atoms with E-state index in [4.69, 9.17) is 0 Å². The molecule has 4 heteroatoms. The van der Waals surface area contributed by atoms with E-state index in [1.807, 2.05) is 12.3 Å². The number of nitrogens with zero attached hydrogens (tertiary/aromatic N) is 2. The van der Waals surface area contributed by atoms with Crippen molar-refractivity contribution in [1.29, 1.82) is 0 Å². The SMILES string of the molecule is CCCNc1ncccc1CN1CCCC(CO)C1. The van der Waals surface area contributed by atoms with Gasteiger partial charge in [0.05, 0.1) is 0 Å². The van der Waals surface area contributed by atoms with Crippen LogP contribution in [-0.4, -0.2) is 41.2 Å². The zero-order valence-corrected chi connectivity index (χ0v) is 11.8. The molecule has 0 spiro atoms. The lowest BCUT2D eigenvalue weighted by atomic mass is 9.98. The third-order valence-electron chi connectivity index (χ3n) is 3.69. The fourth-order valence-electron chi connectivity index (χ4n) is 2.65. The third kappa shape index (κ3) is 4.18. The van der Waals surface area contributed by atoms with Gasteiger partial charge in [0.2, 0.25) is 0 Å². The highest BCUT2D eigenvalue weighted by molar-refractivity contribution is 5.43. The van der Waals surface area contributed by atoms with Crippen molar-refractivity contribution >= 4 is 5.82 Å². The van der Waals surface area contributed by atoms with E-state index in [0.29, 0.717) is 12.5 Å². The molecule has 0 bridgehead atoms. The minimum absolute atomic E-state index is 0.310. The first kappa shape index (κ1) is 14.3. The number of hydrogen-bond donors (Lipinski definition) is 2. The van der Waals surface area contributed by atoms with E-state index in [1.165, 1.54) is 12.0 Å². The molecule has 106 valence electrons. The first-order valence-corrected chi connectivity index (χ1v) is 7.34. The summed E-state index contributed by atoms with van der Waals surface area (Å²) in [5.41, 5.74) is 1.26. The Bertz CT molecular complexity index is 383. The molecule has 2 heterocycles. The number of nitrogens with one attached hydrogen (secondary N) is 1. The van der Waals surface area contributed by atoms with Gasteiger partial charge in [-0.05, 0) is 37.8 Å². The number of hydrogen-bond acceptors (Lipinski definition) is 4. The van der Waals surface area contributed by atoms with Crippen LogP contribution in [0.25, 0.3) is 0 Å². The molecule has 1 atom stereocenters. The van der Waals surface area contributed by atoms with E-state index in [9.17, 15) is 5.11 Å². The molecule has 1 aliphatic rings. The van der Waals surface area contributed by atoms with E-state index in [-0.39, 0.29) is 0 Å². The Kier molecular flexibility index (Phi) is 5.61. The highest BCUT2D eigenvalue weighted by Gasteiger charge is 2.19. The van der Waals surface area contributed by atoms with Gasteiger partial charge in [-0.2, -0.15) is 0 Å². The number of pyridine rings is 1. The van der Waals surface area contributed by atoms with Gasteiger partial charge in [-0.3, -0.25) is 4.90 Å². The van der Waals surface area contributed by atoms with Crippen LogP contribution in [0.1, 0.15) is 31.7 Å². The molecule has 1 saturated heterocycles. The Balaban J connectivity index is 1.97. The highest BCUT2D eigenvalue weighted by Crippen LogP contribution is 2.20. The summed E-state index contributed by atoms with van der Waals surface area (Å²) in [5.74, 6) is 1.45. The predicted molar refractivity (Wildman–Crippen MR) is 78.1 cm³/mol. The third-order valence-corrected chi connectivity index (χ3v) is 3.69.